The fourth-order valence-electron chi connectivity index (χ4n) is 3.71. The van der Waals surface area contributed by atoms with E-state index in [1.54, 1.807) is 30.3 Å². The van der Waals surface area contributed by atoms with Gasteiger partial charge in [0, 0.05) is 57.2 Å². The lowest BCUT2D eigenvalue weighted by atomic mass is 10.1. The molecule has 0 saturated carbocycles. The highest BCUT2D eigenvalue weighted by Gasteiger charge is 2.44. The Morgan fingerprint density at radius 2 is 1.28 bits per heavy atom. The van der Waals surface area contributed by atoms with Crippen molar-refractivity contribution in [3.8, 4) is 0 Å². The van der Waals surface area contributed by atoms with Crippen molar-refractivity contribution in [1.82, 2.24) is 10.6 Å². The van der Waals surface area contributed by atoms with Gasteiger partial charge in [0.05, 0.1) is 5.56 Å². The first-order chi connectivity index (χ1) is 15.2. The van der Waals surface area contributed by atoms with E-state index in [-0.39, 0.29) is 6.54 Å². The predicted molar refractivity (Wildman–Crippen MR) is 113 cm³/mol. The van der Waals surface area contributed by atoms with Crippen molar-refractivity contribution < 1.29 is 26.3 Å². The van der Waals surface area contributed by atoms with E-state index in [2.05, 4.69) is 15.5 Å². The zero-order valence-corrected chi connectivity index (χ0v) is 17.4. The quantitative estimate of drug-likeness (QED) is 0.660. The Morgan fingerprint density at radius 1 is 0.688 bits per heavy atom. The SMILES string of the molecule is FC(F)(F)C1CNCCN1c1ccccc1.FC(F)(F)c1ccc(N2CCNCC2)cc1. The maximum absolute atomic E-state index is 12.8. The first-order valence-electron chi connectivity index (χ1n) is 10.4. The largest absolute Gasteiger partial charge is 0.416 e. The van der Waals surface area contributed by atoms with Crippen LogP contribution in [-0.2, 0) is 6.18 Å². The van der Waals surface area contributed by atoms with Gasteiger partial charge in [0.15, 0.2) is 0 Å². The van der Waals surface area contributed by atoms with E-state index in [9.17, 15) is 26.3 Å². The highest BCUT2D eigenvalue weighted by molar-refractivity contribution is 5.49. The minimum absolute atomic E-state index is 0.0433. The van der Waals surface area contributed by atoms with Crippen molar-refractivity contribution >= 4 is 11.4 Å². The van der Waals surface area contributed by atoms with Gasteiger partial charge >= 0.3 is 12.4 Å². The molecule has 0 amide bonds. The summed E-state index contributed by atoms with van der Waals surface area (Å²) < 4.78 is 75.4. The molecule has 2 aliphatic heterocycles. The second-order valence-corrected chi connectivity index (χ2v) is 7.57. The molecule has 0 aliphatic carbocycles. The number of para-hydroxylation sites is 1. The van der Waals surface area contributed by atoms with Crippen LogP contribution < -0.4 is 20.4 Å². The fraction of sp³-hybridized carbons (Fsp3) is 0.455. The predicted octanol–water partition coefficient (Wildman–Crippen LogP) is 4.14. The van der Waals surface area contributed by atoms with E-state index in [1.165, 1.54) is 17.0 Å². The molecule has 0 radical (unpaired) electrons. The van der Waals surface area contributed by atoms with E-state index in [4.69, 9.17) is 0 Å². The molecule has 1 atom stereocenters. The summed E-state index contributed by atoms with van der Waals surface area (Å²) in [6.45, 7) is 4.35. The summed E-state index contributed by atoms with van der Waals surface area (Å²) in [6.07, 6.45) is -8.44. The Labute approximate surface area is 183 Å². The van der Waals surface area contributed by atoms with Crippen molar-refractivity contribution in [3.63, 3.8) is 0 Å². The van der Waals surface area contributed by atoms with Gasteiger partial charge in [0.1, 0.15) is 6.04 Å². The zero-order valence-electron chi connectivity index (χ0n) is 17.4. The van der Waals surface area contributed by atoms with E-state index in [1.807, 2.05) is 0 Å². The fourth-order valence-corrected chi connectivity index (χ4v) is 3.71. The smallest absolute Gasteiger partial charge is 0.369 e. The summed E-state index contributed by atoms with van der Waals surface area (Å²) in [6, 6.07) is 12.7. The molecule has 2 aromatic carbocycles. The average molecular weight is 460 g/mol. The van der Waals surface area contributed by atoms with Gasteiger partial charge in [0.25, 0.3) is 0 Å². The lowest BCUT2D eigenvalue weighted by Crippen LogP contribution is -2.58. The molecule has 2 saturated heterocycles. The Balaban J connectivity index is 0.000000181. The van der Waals surface area contributed by atoms with Crippen molar-refractivity contribution in [3.05, 3.63) is 60.2 Å². The highest BCUT2D eigenvalue weighted by Crippen LogP contribution is 2.31. The molecule has 2 fully saturated rings. The Hall–Kier alpha value is -2.46. The summed E-state index contributed by atoms with van der Waals surface area (Å²) in [4.78, 5) is 3.49. The number of piperazine rings is 2. The second kappa shape index (κ2) is 10.4. The van der Waals surface area contributed by atoms with Crippen molar-refractivity contribution in [2.45, 2.75) is 18.4 Å². The van der Waals surface area contributed by atoms with Crippen molar-refractivity contribution in [2.75, 3.05) is 55.6 Å². The molecule has 4 rings (SSSR count). The molecule has 2 aliphatic rings. The van der Waals surface area contributed by atoms with Gasteiger partial charge in [-0.15, -0.1) is 0 Å². The van der Waals surface area contributed by atoms with Crippen LogP contribution in [0.2, 0.25) is 0 Å². The van der Waals surface area contributed by atoms with E-state index >= 15 is 0 Å². The lowest BCUT2D eigenvalue weighted by molar-refractivity contribution is -0.149. The van der Waals surface area contributed by atoms with Crippen LogP contribution in [0.25, 0.3) is 0 Å². The number of alkyl halides is 6. The van der Waals surface area contributed by atoms with Crippen LogP contribution in [-0.4, -0.2) is 58.0 Å². The van der Waals surface area contributed by atoms with E-state index < -0.39 is 24.0 Å². The van der Waals surface area contributed by atoms with Gasteiger partial charge in [0.2, 0.25) is 0 Å². The minimum atomic E-state index is -4.25. The number of benzene rings is 2. The Bertz CT molecular complexity index is 817. The van der Waals surface area contributed by atoms with Gasteiger partial charge < -0.3 is 20.4 Å². The first-order valence-corrected chi connectivity index (χ1v) is 10.4. The molecule has 4 nitrogen and oxygen atoms in total. The minimum Gasteiger partial charge on any atom is -0.369 e. The van der Waals surface area contributed by atoms with E-state index in [0.717, 1.165) is 44.0 Å². The molecule has 2 aromatic rings. The third kappa shape index (κ3) is 6.52. The molecule has 2 N–H and O–H groups in total. The summed E-state index contributed by atoms with van der Waals surface area (Å²) in [5.41, 5.74) is 0.896. The first kappa shape index (κ1) is 24.2. The van der Waals surface area contributed by atoms with Gasteiger partial charge in [-0.1, -0.05) is 18.2 Å². The lowest BCUT2D eigenvalue weighted by Gasteiger charge is -2.38. The molecule has 2 heterocycles. The Kier molecular flexibility index (Phi) is 7.89. The molecule has 1 unspecified atom stereocenters. The average Bonchev–Trinajstić information content (AvgIpc) is 2.80. The van der Waals surface area contributed by atoms with Crippen LogP contribution in [0.5, 0.6) is 0 Å². The molecule has 10 heteroatoms. The van der Waals surface area contributed by atoms with Gasteiger partial charge in [-0.25, -0.2) is 0 Å². The number of rotatable bonds is 2. The molecule has 32 heavy (non-hydrogen) atoms. The molecular formula is C22H26F6N4. The van der Waals surface area contributed by atoms with Gasteiger partial charge in [-0.05, 0) is 36.4 Å². The van der Waals surface area contributed by atoms with Gasteiger partial charge in [-0.2, -0.15) is 26.3 Å². The van der Waals surface area contributed by atoms with Crippen molar-refractivity contribution in [1.29, 1.82) is 0 Å². The van der Waals surface area contributed by atoms with Crippen LogP contribution in [0.4, 0.5) is 37.7 Å². The van der Waals surface area contributed by atoms with E-state index in [0.29, 0.717) is 18.8 Å². The third-order valence-electron chi connectivity index (χ3n) is 5.39. The van der Waals surface area contributed by atoms with Crippen LogP contribution in [0.1, 0.15) is 5.56 Å². The summed E-state index contributed by atoms with van der Waals surface area (Å²) in [5.74, 6) is 0. The number of halogens is 6. The van der Waals surface area contributed by atoms with Crippen LogP contribution in [0.3, 0.4) is 0 Å². The summed E-state index contributed by atoms with van der Waals surface area (Å²) >= 11 is 0. The van der Waals surface area contributed by atoms with Gasteiger partial charge in [-0.3, -0.25) is 0 Å². The number of nitrogens with one attached hydrogen (secondary N) is 2. The van der Waals surface area contributed by atoms with Crippen LogP contribution in [0.15, 0.2) is 54.6 Å². The summed E-state index contributed by atoms with van der Waals surface area (Å²) in [7, 11) is 0. The third-order valence-corrected chi connectivity index (χ3v) is 5.39. The standard InChI is InChI=1S/2C11H13F3N2/c12-11(13,14)9-1-3-10(4-2-9)16-7-5-15-6-8-16;12-11(13,14)10-8-15-6-7-16(10)9-4-2-1-3-5-9/h1-4,15H,5-8H2;1-5,10,15H,6-8H2. The van der Waals surface area contributed by atoms with Crippen LogP contribution >= 0.6 is 0 Å². The normalized spacial score (nSPS) is 19.9. The van der Waals surface area contributed by atoms with Crippen molar-refractivity contribution in [2.24, 2.45) is 0 Å². The number of hydrogen-bond donors (Lipinski definition) is 2. The molecular weight excluding hydrogens is 434 g/mol. The second-order valence-electron chi connectivity index (χ2n) is 7.57. The Morgan fingerprint density at radius 3 is 1.84 bits per heavy atom. The molecule has 0 bridgehead atoms. The molecule has 0 aromatic heterocycles. The maximum atomic E-state index is 12.8. The molecule has 176 valence electrons. The number of anilines is 2. The zero-order chi connectivity index (χ0) is 23.2. The topological polar surface area (TPSA) is 30.5 Å². The maximum Gasteiger partial charge on any atom is 0.416 e. The number of hydrogen-bond acceptors (Lipinski definition) is 4. The molecule has 0 spiro atoms. The summed E-state index contributed by atoms with van der Waals surface area (Å²) in [5, 5.41) is 5.98. The highest BCUT2D eigenvalue weighted by atomic mass is 19.4. The monoisotopic (exact) mass is 460 g/mol. The van der Waals surface area contributed by atoms with Crippen LogP contribution in [0, 0.1) is 0 Å². The number of nitrogens with zero attached hydrogens (tertiary/aromatic N) is 2.